The summed E-state index contributed by atoms with van der Waals surface area (Å²) in [6, 6.07) is 4.09. The monoisotopic (exact) mass is 263 g/mol. The van der Waals surface area contributed by atoms with Crippen LogP contribution in [-0.4, -0.2) is 14.5 Å². The number of hydrogen-bond donors (Lipinski definition) is 0. The summed E-state index contributed by atoms with van der Waals surface area (Å²) in [5.74, 6) is 1.79. The first-order chi connectivity index (χ1) is 8.52. The van der Waals surface area contributed by atoms with Gasteiger partial charge in [-0.1, -0.05) is 13.8 Å². The van der Waals surface area contributed by atoms with Crippen molar-refractivity contribution in [2.75, 3.05) is 0 Å². The lowest BCUT2D eigenvalue weighted by molar-refractivity contribution is 0.802. The lowest BCUT2D eigenvalue weighted by atomic mass is 10.1. The second-order valence-electron chi connectivity index (χ2n) is 4.83. The Kier molecular flexibility index (Phi) is 3.71. The summed E-state index contributed by atoms with van der Waals surface area (Å²) in [4.78, 5) is 9.00. The molecule has 2 heterocycles. The van der Waals surface area contributed by atoms with Crippen molar-refractivity contribution in [3.8, 4) is 5.82 Å². The quantitative estimate of drug-likeness (QED) is 0.790. The predicted molar refractivity (Wildman–Crippen MR) is 74.5 cm³/mol. The third kappa shape index (κ3) is 2.41. The van der Waals surface area contributed by atoms with Crippen LogP contribution in [0.25, 0.3) is 5.82 Å². The number of hydrogen-bond acceptors (Lipinski definition) is 2. The summed E-state index contributed by atoms with van der Waals surface area (Å²) in [7, 11) is 0. The van der Waals surface area contributed by atoms with Gasteiger partial charge in [-0.25, -0.2) is 9.97 Å². The SMILES string of the molecule is Cc1ncn(-c2cc(CCl)cc(C(C)C)n2)c1C. The molecule has 4 heteroatoms. The van der Waals surface area contributed by atoms with Gasteiger partial charge in [0.25, 0.3) is 0 Å². The Morgan fingerprint density at radius 1 is 1.28 bits per heavy atom. The van der Waals surface area contributed by atoms with E-state index in [0.717, 1.165) is 28.5 Å². The number of rotatable bonds is 3. The molecule has 0 fully saturated rings. The molecule has 0 saturated heterocycles. The zero-order chi connectivity index (χ0) is 13.3. The maximum atomic E-state index is 5.96. The van der Waals surface area contributed by atoms with Gasteiger partial charge in [0.2, 0.25) is 0 Å². The molecule has 0 bridgehead atoms. The van der Waals surface area contributed by atoms with E-state index in [-0.39, 0.29) is 0 Å². The Balaban J connectivity index is 2.56. The molecule has 0 spiro atoms. The maximum absolute atomic E-state index is 5.96. The Labute approximate surface area is 113 Å². The number of halogens is 1. The van der Waals surface area contributed by atoms with E-state index in [1.165, 1.54) is 0 Å². The predicted octanol–water partition coefficient (Wildman–Crippen LogP) is 3.75. The Bertz CT molecular complexity index is 558. The summed E-state index contributed by atoms with van der Waals surface area (Å²) in [5, 5.41) is 0. The van der Waals surface area contributed by atoms with Crippen LogP contribution in [0.5, 0.6) is 0 Å². The van der Waals surface area contributed by atoms with E-state index < -0.39 is 0 Å². The Hall–Kier alpha value is -1.35. The fourth-order valence-electron chi connectivity index (χ4n) is 1.82. The van der Waals surface area contributed by atoms with Crippen molar-refractivity contribution in [2.24, 2.45) is 0 Å². The molecule has 0 radical (unpaired) electrons. The molecule has 0 aromatic carbocycles. The van der Waals surface area contributed by atoms with Crippen molar-refractivity contribution in [1.29, 1.82) is 0 Å². The lowest BCUT2D eigenvalue weighted by Crippen LogP contribution is -2.04. The minimum Gasteiger partial charge on any atom is -0.287 e. The number of imidazole rings is 1. The fourth-order valence-corrected chi connectivity index (χ4v) is 1.97. The van der Waals surface area contributed by atoms with E-state index in [1.807, 2.05) is 30.8 Å². The number of nitrogens with zero attached hydrogens (tertiary/aromatic N) is 3. The van der Waals surface area contributed by atoms with Gasteiger partial charge in [-0.2, -0.15) is 0 Å². The molecular formula is C14H18ClN3. The third-order valence-electron chi connectivity index (χ3n) is 3.14. The van der Waals surface area contributed by atoms with Crippen LogP contribution in [0.15, 0.2) is 18.5 Å². The summed E-state index contributed by atoms with van der Waals surface area (Å²) >= 11 is 5.96. The molecule has 2 rings (SSSR count). The van der Waals surface area contributed by atoms with Crippen molar-refractivity contribution >= 4 is 11.6 Å². The van der Waals surface area contributed by atoms with Crippen molar-refractivity contribution in [3.05, 3.63) is 41.1 Å². The molecule has 0 aliphatic carbocycles. The molecule has 18 heavy (non-hydrogen) atoms. The van der Waals surface area contributed by atoms with Gasteiger partial charge in [-0.3, -0.25) is 4.57 Å². The van der Waals surface area contributed by atoms with Crippen LogP contribution in [0.1, 0.15) is 42.4 Å². The third-order valence-corrected chi connectivity index (χ3v) is 3.44. The Morgan fingerprint density at radius 2 is 2.00 bits per heavy atom. The van der Waals surface area contributed by atoms with Gasteiger partial charge in [0.1, 0.15) is 12.1 Å². The van der Waals surface area contributed by atoms with Crippen molar-refractivity contribution in [3.63, 3.8) is 0 Å². The summed E-state index contributed by atoms with van der Waals surface area (Å²) in [5.41, 5.74) is 4.30. The van der Waals surface area contributed by atoms with Crippen LogP contribution in [0, 0.1) is 13.8 Å². The molecule has 0 aliphatic rings. The molecule has 0 N–H and O–H groups in total. The smallest absolute Gasteiger partial charge is 0.138 e. The first kappa shape index (κ1) is 13.1. The molecule has 2 aromatic heterocycles. The summed E-state index contributed by atoms with van der Waals surface area (Å²) < 4.78 is 2.01. The first-order valence-electron chi connectivity index (χ1n) is 6.10. The highest BCUT2D eigenvalue weighted by Crippen LogP contribution is 2.20. The minimum atomic E-state index is 0.386. The van der Waals surface area contributed by atoms with Gasteiger partial charge in [0.05, 0.1) is 5.69 Å². The van der Waals surface area contributed by atoms with E-state index in [0.29, 0.717) is 11.8 Å². The van der Waals surface area contributed by atoms with Crippen molar-refractivity contribution < 1.29 is 0 Å². The van der Waals surface area contributed by atoms with Crippen LogP contribution in [-0.2, 0) is 5.88 Å². The topological polar surface area (TPSA) is 30.7 Å². The van der Waals surface area contributed by atoms with Gasteiger partial charge in [0, 0.05) is 17.3 Å². The average Bonchev–Trinajstić information content (AvgIpc) is 2.69. The molecule has 0 amide bonds. The largest absolute Gasteiger partial charge is 0.287 e. The Morgan fingerprint density at radius 3 is 2.50 bits per heavy atom. The van der Waals surface area contributed by atoms with Gasteiger partial charge < -0.3 is 0 Å². The molecule has 3 nitrogen and oxygen atoms in total. The number of aryl methyl sites for hydroxylation is 1. The maximum Gasteiger partial charge on any atom is 0.138 e. The zero-order valence-electron chi connectivity index (χ0n) is 11.2. The van der Waals surface area contributed by atoms with Crippen LogP contribution in [0.2, 0.25) is 0 Å². The van der Waals surface area contributed by atoms with Crippen LogP contribution in [0.3, 0.4) is 0 Å². The lowest BCUT2D eigenvalue weighted by Gasteiger charge is -2.11. The fraction of sp³-hybridized carbons (Fsp3) is 0.429. The highest BCUT2D eigenvalue weighted by atomic mass is 35.5. The zero-order valence-corrected chi connectivity index (χ0v) is 12.0. The molecule has 0 aliphatic heterocycles. The van der Waals surface area contributed by atoms with E-state index in [9.17, 15) is 0 Å². The standard InChI is InChI=1S/C14H18ClN3/c1-9(2)13-5-12(7-15)6-14(17-13)18-8-16-10(3)11(18)4/h5-6,8-9H,7H2,1-4H3. The van der Waals surface area contributed by atoms with Gasteiger partial charge in [0.15, 0.2) is 0 Å². The second kappa shape index (κ2) is 5.11. The van der Waals surface area contributed by atoms with Crippen LogP contribution in [0.4, 0.5) is 0 Å². The van der Waals surface area contributed by atoms with E-state index in [1.54, 1.807) is 0 Å². The highest BCUT2D eigenvalue weighted by Gasteiger charge is 2.10. The van der Waals surface area contributed by atoms with Crippen molar-refractivity contribution in [1.82, 2.24) is 14.5 Å². The van der Waals surface area contributed by atoms with E-state index in [4.69, 9.17) is 11.6 Å². The second-order valence-corrected chi connectivity index (χ2v) is 5.10. The normalized spacial score (nSPS) is 11.2. The van der Waals surface area contributed by atoms with Crippen molar-refractivity contribution in [2.45, 2.75) is 39.5 Å². The minimum absolute atomic E-state index is 0.386. The summed E-state index contributed by atoms with van der Waals surface area (Å²) in [6.07, 6.45) is 1.81. The van der Waals surface area contributed by atoms with Gasteiger partial charge >= 0.3 is 0 Å². The van der Waals surface area contributed by atoms with Gasteiger partial charge in [-0.05, 0) is 37.5 Å². The van der Waals surface area contributed by atoms with E-state index >= 15 is 0 Å². The molecular weight excluding hydrogens is 246 g/mol. The molecule has 0 saturated carbocycles. The number of pyridine rings is 1. The highest BCUT2D eigenvalue weighted by molar-refractivity contribution is 6.17. The molecule has 0 atom stereocenters. The van der Waals surface area contributed by atoms with Gasteiger partial charge in [-0.15, -0.1) is 11.6 Å². The van der Waals surface area contributed by atoms with Crippen LogP contribution < -0.4 is 0 Å². The average molecular weight is 264 g/mol. The number of alkyl halides is 1. The molecule has 0 unspecified atom stereocenters. The first-order valence-corrected chi connectivity index (χ1v) is 6.64. The molecule has 96 valence electrons. The van der Waals surface area contributed by atoms with Crippen LogP contribution >= 0.6 is 11.6 Å². The molecule has 2 aromatic rings. The number of aromatic nitrogens is 3. The van der Waals surface area contributed by atoms with E-state index in [2.05, 4.69) is 29.9 Å². The summed E-state index contributed by atoms with van der Waals surface area (Å²) in [6.45, 7) is 8.32.